The van der Waals surface area contributed by atoms with Gasteiger partial charge >= 0.3 is 0 Å². The van der Waals surface area contributed by atoms with Gasteiger partial charge in [0, 0.05) is 22.7 Å². The number of nitrogens with one attached hydrogen (secondary N) is 2. The summed E-state index contributed by atoms with van der Waals surface area (Å²) >= 11 is 3.49. The van der Waals surface area contributed by atoms with Gasteiger partial charge in [-0.25, -0.2) is 4.52 Å². The average Bonchev–Trinajstić information content (AvgIpc) is 2.87. The first kappa shape index (κ1) is 13.0. The molecule has 0 unspecified atom stereocenters. The Balaban J connectivity index is 2.05. The number of piperidine rings is 1. The summed E-state index contributed by atoms with van der Waals surface area (Å²) in [6.45, 7) is 1.95. The zero-order valence-electron chi connectivity index (χ0n) is 11.3. The van der Waals surface area contributed by atoms with Crippen molar-refractivity contribution < 1.29 is 0 Å². The molecule has 0 spiro atoms. The van der Waals surface area contributed by atoms with Crippen molar-refractivity contribution in [1.29, 1.82) is 0 Å². The molecular weight excluding hydrogens is 334 g/mol. The van der Waals surface area contributed by atoms with Crippen molar-refractivity contribution in [1.82, 2.24) is 24.9 Å². The van der Waals surface area contributed by atoms with E-state index in [0.717, 1.165) is 52.6 Å². The highest BCUT2D eigenvalue weighted by Crippen LogP contribution is 2.29. The van der Waals surface area contributed by atoms with Gasteiger partial charge in [0.25, 0.3) is 5.56 Å². The highest BCUT2D eigenvalue weighted by Gasteiger charge is 2.21. The molecule has 7 heteroatoms. The smallest absolute Gasteiger partial charge is 0.251 e. The van der Waals surface area contributed by atoms with Gasteiger partial charge in [-0.15, -0.1) is 0 Å². The Morgan fingerprint density at radius 1 is 1.29 bits per heavy atom. The SMILES string of the molecule is O=c1cc(C2CCNCC2)n2nc3cncc(Br)c3c2[nH]1. The first-order valence-corrected chi connectivity index (χ1v) is 7.79. The molecule has 1 saturated heterocycles. The van der Waals surface area contributed by atoms with Crippen molar-refractivity contribution in [2.45, 2.75) is 18.8 Å². The molecule has 3 aromatic heterocycles. The standard InChI is InChI=1S/C14H14BrN5O/c15-9-6-17-7-10-13(9)14-18-12(21)5-11(20(14)19-10)8-1-3-16-4-2-8/h5-8,16H,1-4H2,(H,18,21). The number of aromatic nitrogens is 4. The molecule has 0 saturated carbocycles. The summed E-state index contributed by atoms with van der Waals surface area (Å²) in [6.07, 6.45) is 5.49. The number of pyridine rings is 1. The van der Waals surface area contributed by atoms with E-state index in [4.69, 9.17) is 0 Å². The topological polar surface area (TPSA) is 75.1 Å². The molecule has 1 aliphatic heterocycles. The maximum Gasteiger partial charge on any atom is 0.251 e. The van der Waals surface area contributed by atoms with E-state index >= 15 is 0 Å². The van der Waals surface area contributed by atoms with E-state index in [2.05, 4.69) is 36.3 Å². The molecule has 1 fully saturated rings. The number of fused-ring (bicyclic) bond motifs is 3. The molecule has 108 valence electrons. The molecule has 6 nitrogen and oxygen atoms in total. The second kappa shape index (κ2) is 4.92. The summed E-state index contributed by atoms with van der Waals surface area (Å²) in [6, 6.07) is 1.68. The molecule has 0 amide bonds. The molecule has 21 heavy (non-hydrogen) atoms. The molecule has 4 heterocycles. The minimum atomic E-state index is -0.0819. The van der Waals surface area contributed by atoms with Crippen LogP contribution < -0.4 is 10.9 Å². The normalized spacial score (nSPS) is 16.8. The van der Waals surface area contributed by atoms with Gasteiger partial charge in [-0.2, -0.15) is 5.10 Å². The lowest BCUT2D eigenvalue weighted by atomic mass is 9.94. The van der Waals surface area contributed by atoms with E-state index in [1.54, 1.807) is 18.5 Å². The van der Waals surface area contributed by atoms with E-state index in [0.29, 0.717) is 5.92 Å². The van der Waals surface area contributed by atoms with E-state index in [9.17, 15) is 4.79 Å². The first-order chi connectivity index (χ1) is 10.2. The molecule has 0 atom stereocenters. The highest BCUT2D eigenvalue weighted by molar-refractivity contribution is 9.10. The molecule has 0 aromatic carbocycles. The Labute approximate surface area is 128 Å². The summed E-state index contributed by atoms with van der Waals surface area (Å²) in [5, 5.41) is 8.88. The average molecular weight is 348 g/mol. The Morgan fingerprint density at radius 2 is 2.10 bits per heavy atom. The Morgan fingerprint density at radius 3 is 2.90 bits per heavy atom. The number of hydrogen-bond donors (Lipinski definition) is 2. The van der Waals surface area contributed by atoms with E-state index < -0.39 is 0 Å². The van der Waals surface area contributed by atoms with Crippen molar-refractivity contribution in [3.63, 3.8) is 0 Å². The fraction of sp³-hybridized carbons (Fsp3) is 0.357. The first-order valence-electron chi connectivity index (χ1n) is 7.00. The minimum absolute atomic E-state index is 0.0819. The summed E-state index contributed by atoms with van der Waals surface area (Å²) in [5.41, 5.74) is 2.42. The quantitative estimate of drug-likeness (QED) is 0.703. The zero-order chi connectivity index (χ0) is 14.4. The van der Waals surface area contributed by atoms with Crippen LogP contribution in [0.5, 0.6) is 0 Å². The van der Waals surface area contributed by atoms with Crippen LogP contribution >= 0.6 is 15.9 Å². The van der Waals surface area contributed by atoms with Crippen molar-refractivity contribution in [2.75, 3.05) is 13.1 Å². The Bertz CT molecular complexity index is 878. The highest BCUT2D eigenvalue weighted by atomic mass is 79.9. The second-order valence-electron chi connectivity index (χ2n) is 5.36. The van der Waals surface area contributed by atoms with Crippen molar-refractivity contribution in [3.8, 4) is 0 Å². The van der Waals surface area contributed by atoms with Gasteiger partial charge in [0.15, 0.2) is 0 Å². The van der Waals surface area contributed by atoms with Crippen LogP contribution in [0.1, 0.15) is 24.5 Å². The largest absolute Gasteiger partial charge is 0.317 e. The predicted molar refractivity (Wildman–Crippen MR) is 83.7 cm³/mol. The van der Waals surface area contributed by atoms with E-state index in [-0.39, 0.29) is 5.56 Å². The van der Waals surface area contributed by atoms with Crippen molar-refractivity contribution >= 4 is 32.5 Å². The monoisotopic (exact) mass is 347 g/mol. The second-order valence-corrected chi connectivity index (χ2v) is 6.21. The molecule has 3 aromatic rings. The van der Waals surface area contributed by atoms with Gasteiger partial charge in [-0.1, -0.05) is 0 Å². The third-order valence-corrected chi connectivity index (χ3v) is 4.66. The lowest BCUT2D eigenvalue weighted by Gasteiger charge is -2.23. The molecule has 1 aliphatic rings. The summed E-state index contributed by atoms with van der Waals surface area (Å²) < 4.78 is 2.71. The van der Waals surface area contributed by atoms with Gasteiger partial charge in [-0.05, 0) is 41.9 Å². The van der Waals surface area contributed by atoms with Gasteiger partial charge in [0.05, 0.1) is 17.3 Å². The summed E-state index contributed by atoms with van der Waals surface area (Å²) in [4.78, 5) is 19.1. The molecule has 0 aliphatic carbocycles. The van der Waals surface area contributed by atoms with Crippen LogP contribution in [0, 0.1) is 0 Å². The fourth-order valence-corrected chi connectivity index (χ4v) is 3.57. The third-order valence-electron chi connectivity index (χ3n) is 4.06. The Hall–Kier alpha value is -1.73. The van der Waals surface area contributed by atoms with Gasteiger partial charge < -0.3 is 10.3 Å². The number of hydrogen-bond acceptors (Lipinski definition) is 4. The predicted octanol–water partition coefficient (Wildman–Crippen LogP) is 1.80. The zero-order valence-corrected chi connectivity index (χ0v) is 12.9. The molecular formula is C14H14BrN5O. The number of nitrogens with zero attached hydrogens (tertiary/aromatic N) is 3. The number of aromatic amines is 1. The Kier molecular flexibility index (Phi) is 3.04. The van der Waals surface area contributed by atoms with E-state index in [1.165, 1.54) is 0 Å². The lowest BCUT2D eigenvalue weighted by Crippen LogP contribution is -2.28. The maximum atomic E-state index is 12.1. The molecule has 4 rings (SSSR count). The van der Waals surface area contributed by atoms with Gasteiger partial charge in [0.1, 0.15) is 11.2 Å². The van der Waals surface area contributed by atoms with Crippen LogP contribution in [0.3, 0.4) is 0 Å². The van der Waals surface area contributed by atoms with Crippen LogP contribution in [0.15, 0.2) is 27.7 Å². The lowest BCUT2D eigenvalue weighted by molar-refractivity contribution is 0.446. The number of halogens is 1. The van der Waals surface area contributed by atoms with Crippen LogP contribution in [-0.4, -0.2) is 32.7 Å². The van der Waals surface area contributed by atoms with Gasteiger partial charge in [-0.3, -0.25) is 9.78 Å². The number of H-pyrrole nitrogens is 1. The maximum absolute atomic E-state index is 12.1. The van der Waals surface area contributed by atoms with Crippen LogP contribution in [-0.2, 0) is 0 Å². The molecule has 0 radical (unpaired) electrons. The van der Waals surface area contributed by atoms with Crippen LogP contribution in [0.2, 0.25) is 0 Å². The van der Waals surface area contributed by atoms with E-state index in [1.807, 2.05) is 4.52 Å². The van der Waals surface area contributed by atoms with Gasteiger partial charge in [0.2, 0.25) is 0 Å². The van der Waals surface area contributed by atoms with Crippen LogP contribution in [0.4, 0.5) is 0 Å². The molecule has 0 bridgehead atoms. The van der Waals surface area contributed by atoms with Crippen LogP contribution in [0.25, 0.3) is 16.6 Å². The van der Waals surface area contributed by atoms with Crippen molar-refractivity contribution in [2.24, 2.45) is 0 Å². The molecule has 2 N–H and O–H groups in total. The fourth-order valence-electron chi connectivity index (χ4n) is 3.06. The number of rotatable bonds is 1. The third kappa shape index (κ3) is 2.08. The summed E-state index contributed by atoms with van der Waals surface area (Å²) in [7, 11) is 0. The minimum Gasteiger partial charge on any atom is -0.317 e. The van der Waals surface area contributed by atoms with Crippen molar-refractivity contribution in [3.05, 3.63) is 39.0 Å². The summed E-state index contributed by atoms with van der Waals surface area (Å²) in [5.74, 6) is 0.358.